The fourth-order valence-corrected chi connectivity index (χ4v) is 3.71. The van der Waals surface area contributed by atoms with Gasteiger partial charge in [-0.2, -0.15) is 17.5 Å². The van der Waals surface area contributed by atoms with Crippen molar-refractivity contribution < 1.29 is 37.7 Å². The molecule has 2 heteroatoms. The molecule has 0 spiro atoms. The van der Waals surface area contributed by atoms with Crippen LogP contribution in [0.1, 0.15) is 34.6 Å². The normalized spacial score (nSPS) is 10.0. The van der Waals surface area contributed by atoms with Crippen LogP contribution in [-0.4, -0.2) is 0 Å². The third-order valence-electron chi connectivity index (χ3n) is 5.13. The summed E-state index contributed by atoms with van der Waals surface area (Å²) in [6, 6.07) is 43.0. The van der Waals surface area contributed by atoms with Crippen LogP contribution >= 0.6 is 0 Å². The molecule has 138 valence electrons. The van der Waals surface area contributed by atoms with Gasteiger partial charge in [-0.3, -0.25) is 5.92 Å². The molecule has 0 bridgehead atoms. The molecule has 0 aliphatic rings. The molecule has 0 nitrogen and oxygen atoms in total. The fourth-order valence-electron chi connectivity index (χ4n) is 3.71. The smallest absolute Gasteiger partial charge is 0.337 e. The van der Waals surface area contributed by atoms with Gasteiger partial charge in [-0.15, -0.1) is 24.3 Å². The molecular weight excluding hydrogens is 350 g/mol. The summed E-state index contributed by atoms with van der Waals surface area (Å²) in [6.07, 6.45) is 3.35. The molecule has 0 saturated heterocycles. The Hall–Kier alpha value is -2.06. The molecule has 0 fully saturated rings. The Kier molecular flexibility index (Phi) is 10.2. The standard InChI is InChI=1S/C28H24.2Li/c1-5-13-23(14-6-1)27(24-15-7-2-8-16-24)21-22-28(25-17-9-3-10-18-25)26-19-11-4-12-20-26;;/h1-21,28H,22H2;;/q-2;2*+1. The van der Waals surface area contributed by atoms with E-state index < -0.39 is 0 Å². The molecular formula is C28H24Li2. The van der Waals surface area contributed by atoms with Gasteiger partial charge < -0.3 is 6.42 Å². The molecule has 30 heavy (non-hydrogen) atoms. The predicted octanol–water partition coefficient (Wildman–Crippen LogP) is 1.09. The van der Waals surface area contributed by atoms with E-state index in [-0.39, 0.29) is 37.7 Å². The quantitative estimate of drug-likeness (QED) is 0.336. The first-order chi connectivity index (χ1) is 13.9. The molecule has 4 aromatic carbocycles. The van der Waals surface area contributed by atoms with Crippen LogP contribution in [0.25, 0.3) is 0 Å². The van der Waals surface area contributed by atoms with Crippen LogP contribution < -0.4 is 37.7 Å². The van der Waals surface area contributed by atoms with Crippen LogP contribution in [0.4, 0.5) is 0 Å². The van der Waals surface area contributed by atoms with Crippen LogP contribution in [0, 0.1) is 12.3 Å². The number of hydrogen-bond acceptors (Lipinski definition) is 0. The minimum atomic E-state index is 0. The van der Waals surface area contributed by atoms with Gasteiger partial charge in [-0.05, 0) is 17.0 Å². The SMILES string of the molecule is [Li+].[Li+].c1ccc([C-]([CH-]CC(c2ccccc2)c2ccccc2)c2ccccc2)cc1. The Morgan fingerprint density at radius 2 is 0.833 bits per heavy atom. The molecule has 0 saturated carbocycles. The Morgan fingerprint density at radius 1 is 0.500 bits per heavy atom. The maximum absolute atomic E-state index is 2.40. The van der Waals surface area contributed by atoms with E-state index in [1.807, 2.05) is 0 Å². The summed E-state index contributed by atoms with van der Waals surface area (Å²) in [6.45, 7) is 0. The summed E-state index contributed by atoms with van der Waals surface area (Å²) >= 11 is 0. The summed E-state index contributed by atoms with van der Waals surface area (Å²) in [5, 5.41) is 0. The molecule has 0 aliphatic carbocycles. The van der Waals surface area contributed by atoms with Crippen LogP contribution in [0.5, 0.6) is 0 Å². The Labute approximate surface area is 205 Å². The minimum Gasteiger partial charge on any atom is -0.337 e. The average molecular weight is 374 g/mol. The van der Waals surface area contributed by atoms with Crippen molar-refractivity contribution in [3.63, 3.8) is 0 Å². The van der Waals surface area contributed by atoms with E-state index in [4.69, 9.17) is 0 Å². The van der Waals surface area contributed by atoms with E-state index in [2.05, 4.69) is 128 Å². The maximum atomic E-state index is 2.40. The second-order valence-corrected chi connectivity index (χ2v) is 6.96. The largest absolute Gasteiger partial charge is 1.00 e. The summed E-state index contributed by atoms with van der Waals surface area (Å²) in [5.74, 6) is 1.63. The van der Waals surface area contributed by atoms with Gasteiger partial charge in [-0.1, -0.05) is 97.1 Å². The van der Waals surface area contributed by atoms with Crippen LogP contribution in [0.2, 0.25) is 0 Å². The van der Waals surface area contributed by atoms with Gasteiger partial charge in [0.25, 0.3) is 0 Å². The first-order valence-electron chi connectivity index (χ1n) is 9.83. The van der Waals surface area contributed by atoms with E-state index in [1.54, 1.807) is 0 Å². The van der Waals surface area contributed by atoms with Crippen molar-refractivity contribution in [1.29, 1.82) is 0 Å². The van der Waals surface area contributed by atoms with Crippen LogP contribution in [0.15, 0.2) is 121 Å². The molecule has 0 unspecified atom stereocenters. The van der Waals surface area contributed by atoms with E-state index in [9.17, 15) is 0 Å². The zero-order chi connectivity index (χ0) is 19.0. The molecule has 4 rings (SSSR count). The van der Waals surface area contributed by atoms with E-state index in [0.29, 0.717) is 5.92 Å². The van der Waals surface area contributed by atoms with Gasteiger partial charge in [0, 0.05) is 0 Å². The summed E-state index contributed by atoms with van der Waals surface area (Å²) < 4.78 is 0. The second-order valence-electron chi connectivity index (χ2n) is 6.96. The van der Waals surface area contributed by atoms with E-state index in [0.717, 1.165) is 6.42 Å². The van der Waals surface area contributed by atoms with Gasteiger partial charge in [-0.25, -0.2) is 0 Å². The van der Waals surface area contributed by atoms with E-state index >= 15 is 0 Å². The van der Waals surface area contributed by atoms with Crippen molar-refractivity contribution in [2.45, 2.75) is 12.3 Å². The fraction of sp³-hybridized carbons (Fsp3) is 0.0714. The summed E-state index contributed by atoms with van der Waals surface area (Å²) in [7, 11) is 0. The maximum Gasteiger partial charge on any atom is 1.00 e. The van der Waals surface area contributed by atoms with Gasteiger partial charge in [0.05, 0.1) is 0 Å². The molecule has 0 N–H and O–H groups in total. The van der Waals surface area contributed by atoms with Crippen molar-refractivity contribution in [2.24, 2.45) is 0 Å². The van der Waals surface area contributed by atoms with Gasteiger partial charge in [0.2, 0.25) is 0 Å². The van der Waals surface area contributed by atoms with Crippen molar-refractivity contribution in [3.8, 4) is 0 Å². The summed E-state index contributed by atoms with van der Waals surface area (Å²) in [4.78, 5) is 0. The molecule has 0 heterocycles. The van der Waals surface area contributed by atoms with Gasteiger partial charge in [0.15, 0.2) is 0 Å². The molecule has 0 aromatic heterocycles. The molecule has 4 aromatic rings. The number of hydrogen-bond donors (Lipinski definition) is 0. The first kappa shape index (κ1) is 24.2. The van der Waals surface area contributed by atoms with Crippen molar-refractivity contribution in [2.75, 3.05) is 0 Å². The zero-order valence-electron chi connectivity index (χ0n) is 17.9. The van der Waals surface area contributed by atoms with Crippen molar-refractivity contribution >= 4 is 0 Å². The van der Waals surface area contributed by atoms with Gasteiger partial charge >= 0.3 is 37.7 Å². The van der Waals surface area contributed by atoms with Crippen molar-refractivity contribution in [3.05, 3.63) is 156 Å². The Morgan fingerprint density at radius 3 is 1.20 bits per heavy atom. The summed E-state index contributed by atoms with van der Waals surface area (Å²) in [5.41, 5.74) is 5.22. The number of benzene rings is 4. The topological polar surface area (TPSA) is 0 Å². The second kappa shape index (κ2) is 12.6. The predicted molar refractivity (Wildman–Crippen MR) is 118 cm³/mol. The first-order valence-corrected chi connectivity index (χ1v) is 9.83. The van der Waals surface area contributed by atoms with Crippen molar-refractivity contribution in [1.82, 2.24) is 0 Å². The Bertz CT molecular complexity index is 792. The van der Waals surface area contributed by atoms with E-state index in [1.165, 1.54) is 28.2 Å². The van der Waals surface area contributed by atoms with Crippen LogP contribution in [0.3, 0.4) is 0 Å². The third-order valence-corrected chi connectivity index (χ3v) is 5.13. The number of rotatable bonds is 7. The Balaban J connectivity index is 0.00000160. The monoisotopic (exact) mass is 374 g/mol. The molecule has 0 atom stereocenters. The van der Waals surface area contributed by atoms with Gasteiger partial charge in [0.1, 0.15) is 0 Å². The molecule has 0 aliphatic heterocycles. The third kappa shape index (κ3) is 6.22. The minimum absolute atomic E-state index is 0. The average Bonchev–Trinajstić information content (AvgIpc) is 2.79. The molecule has 0 radical (unpaired) electrons. The van der Waals surface area contributed by atoms with Crippen LogP contribution in [-0.2, 0) is 0 Å². The zero-order valence-corrected chi connectivity index (χ0v) is 17.9. The molecule has 0 amide bonds.